The first-order valence-corrected chi connectivity index (χ1v) is 10.8. The van der Waals surface area contributed by atoms with Gasteiger partial charge < -0.3 is 4.74 Å². The van der Waals surface area contributed by atoms with Crippen molar-refractivity contribution in [2.75, 3.05) is 26.9 Å². The number of methoxy groups -OCH3 is 1. The van der Waals surface area contributed by atoms with Crippen LogP contribution in [-0.4, -0.2) is 52.3 Å². The van der Waals surface area contributed by atoms with E-state index in [4.69, 9.17) is 4.74 Å². The maximum atomic E-state index is 12.8. The number of sulfonamides is 2. The van der Waals surface area contributed by atoms with Gasteiger partial charge in [-0.1, -0.05) is 17.7 Å². The van der Waals surface area contributed by atoms with Gasteiger partial charge in [-0.3, -0.25) is 0 Å². The molecule has 7 nitrogen and oxygen atoms in total. The summed E-state index contributed by atoms with van der Waals surface area (Å²) < 4.78 is 58.3. The Morgan fingerprint density at radius 1 is 0.769 bits per heavy atom. The van der Waals surface area contributed by atoms with Crippen molar-refractivity contribution in [3.63, 3.8) is 0 Å². The van der Waals surface area contributed by atoms with Gasteiger partial charge in [-0.25, -0.2) is 16.8 Å². The summed E-state index contributed by atoms with van der Waals surface area (Å²) in [5.74, 6) is 0.550. The predicted octanol–water partition coefficient (Wildman–Crippen LogP) is 1.66. The van der Waals surface area contributed by atoms with Crippen molar-refractivity contribution in [2.45, 2.75) is 16.7 Å². The van der Waals surface area contributed by atoms with Gasteiger partial charge >= 0.3 is 0 Å². The average Bonchev–Trinajstić information content (AvgIpc) is 3.14. The second kappa shape index (κ2) is 6.99. The molecule has 0 atom stereocenters. The van der Waals surface area contributed by atoms with Crippen molar-refractivity contribution in [1.82, 2.24) is 8.61 Å². The fourth-order valence-corrected chi connectivity index (χ4v) is 5.55. The van der Waals surface area contributed by atoms with Gasteiger partial charge in [0.1, 0.15) is 5.75 Å². The highest BCUT2D eigenvalue weighted by Crippen LogP contribution is 2.25. The van der Waals surface area contributed by atoms with E-state index in [1.807, 2.05) is 6.92 Å². The third-order valence-corrected chi connectivity index (χ3v) is 7.96. The van der Waals surface area contributed by atoms with Crippen LogP contribution in [0.4, 0.5) is 0 Å². The molecule has 1 fully saturated rings. The summed E-state index contributed by atoms with van der Waals surface area (Å²) in [7, 11) is -6.01. The van der Waals surface area contributed by atoms with Crippen molar-refractivity contribution < 1.29 is 21.6 Å². The van der Waals surface area contributed by atoms with Gasteiger partial charge in [0.2, 0.25) is 20.0 Å². The molecule has 2 aromatic carbocycles. The predicted molar refractivity (Wildman–Crippen MR) is 96.8 cm³/mol. The lowest BCUT2D eigenvalue weighted by Crippen LogP contribution is -2.34. The van der Waals surface area contributed by atoms with Crippen LogP contribution in [0.3, 0.4) is 0 Å². The third-order valence-electron chi connectivity index (χ3n) is 4.27. The molecule has 0 radical (unpaired) electrons. The summed E-state index contributed by atoms with van der Waals surface area (Å²) >= 11 is 0. The Balaban J connectivity index is 1.81. The molecule has 0 amide bonds. The molecule has 1 heterocycles. The van der Waals surface area contributed by atoms with Crippen LogP contribution in [0, 0.1) is 6.92 Å². The second-order valence-electron chi connectivity index (χ2n) is 5.99. The molecule has 9 heteroatoms. The molecule has 26 heavy (non-hydrogen) atoms. The van der Waals surface area contributed by atoms with E-state index in [9.17, 15) is 16.8 Å². The Bertz CT molecular complexity index is 984. The molecule has 0 unspecified atom stereocenters. The molecule has 140 valence electrons. The first kappa shape index (κ1) is 18.8. The highest BCUT2D eigenvalue weighted by Gasteiger charge is 2.37. The standard InChI is InChI=1S/C17H20N2O5S2/c1-14-3-7-16(8-4-14)25(20,21)18-11-12-19(13-18)26(22,23)17-9-5-15(24-2)6-10-17/h3-10H,11-13H2,1-2H3. The molecule has 0 saturated carbocycles. The van der Waals surface area contributed by atoms with Crippen LogP contribution in [0.1, 0.15) is 5.56 Å². The zero-order valence-electron chi connectivity index (χ0n) is 14.5. The zero-order valence-corrected chi connectivity index (χ0v) is 16.1. The smallest absolute Gasteiger partial charge is 0.244 e. The summed E-state index contributed by atoms with van der Waals surface area (Å²) in [6.45, 7) is 1.89. The normalized spacial score (nSPS) is 16.7. The van der Waals surface area contributed by atoms with Gasteiger partial charge in [0.15, 0.2) is 0 Å². The number of hydrogen-bond donors (Lipinski definition) is 0. The van der Waals surface area contributed by atoms with Crippen LogP contribution < -0.4 is 4.74 Å². The Kier molecular flexibility index (Phi) is 5.07. The summed E-state index contributed by atoms with van der Waals surface area (Å²) in [4.78, 5) is 0.264. The van der Waals surface area contributed by atoms with Gasteiger partial charge in [-0.15, -0.1) is 0 Å². The number of benzene rings is 2. The molecule has 1 aliphatic heterocycles. The van der Waals surface area contributed by atoms with Gasteiger partial charge in [-0.05, 0) is 43.3 Å². The fourth-order valence-electron chi connectivity index (χ4n) is 2.69. The number of aryl methyl sites for hydroxylation is 1. The van der Waals surface area contributed by atoms with Crippen molar-refractivity contribution in [2.24, 2.45) is 0 Å². The lowest BCUT2D eigenvalue weighted by molar-refractivity contribution is 0.411. The van der Waals surface area contributed by atoms with Crippen molar-refractivity contribution in [3.05, 3.63) is 54.1 Å². The number of rotatable bonds is 5. The number of hydrogen-bond acceptors (Lipinski definition) is 5. The molecule has 0 N–H and O–H groups in total. The van der Waals surface area contributed by atoms with Gasteiger partial charge in [0, 0.05) is 13.1 Å². The average molecular weight is 396 g/mol. The lowest BCUT2D eigenvalue weighted by atomic mass is 10.2. The molecule has 2 aromatic rings. The van der Waals surface area contributed by atoms with Crippen LogP contribution in [0.25, 0.3) is 0 Å². The van der Waals surface area contributed by atoms with Crippen LogP contribution in [0.15, 0.2) is 58.3 Å². The minimum Gasteiger partial charge on any atom is -0.497 e. The van der Waals surface area contributed by atoms with Crippen molar-refractivity contribution in [1.29, 1.82) is 0 Å². The quantitative estimate of drug-likeness (QED) is 0.767. The topological polar surface area (TPSA) is 84.0 Å². The van der Waals surface area contributed by atoms with E-state index in [1.165, 1.54) is 40.0 Å². The fraction of sp³-hybridized carbons (Fsp3) is 0.294. The lowest BCUT2D eigenvalue weighted by Gasteiger charge is -2.18. The molecule has 1 aliphatic rings. The number of nitrogens with zero attached hydrogens (tertiary/aromatic N) is 2. The summed E-state index contributed by atoms with van der Waals surface area (Å²) in [6, 6.07) is 12.5. The Hall–Kier alpha value is -1.94. The molecule has 0 aromatic heterocycles. The number of ether oxygens (including phenoxy) is 1. The molecular weight excluding hydrogens is 376 g/mol. The molecule has 1 saturated heterocycles. The minimum atomic E-state index is -3.77. The van der Waals surface area contributed by atoms with Crippen molar-refractivity contribution >= 4 is 20.0 Å². The van der Waals surface area contributed by atoms with Crippen LogP contribution in [-0.2, 0) is 20.0 Å². The Morgan fingerprint density at radius 2 is 1.19 bits per heavy atom. The molecule has 0 bridgehead atoms. The van der Waals surface area contributed by atoms with E-state index in [-0.39, 0.29) is 29.5 Å². The maximum absolute atomic E-state index is 12.8. The Morgan fingerprint density at radius 3 is 1.62 bits per heavy atom. The third kappa shape index (κ3) is 3.48. The van der Waals surface area contributed by atoms with Crippen molar-refractivity contribution in [3.8, 4) is 5.75 Å². The largest absolute Gasteiger partial charge is 0.497 e. The van der Waals surface area contributed by atoms with Gasteiger partial charge in [-0.2, -0.15) is 8.61 Å². The van der Waals surface area contributed by atoms with E-state index in [0.29, 0.717) is 5.75 Å². The minimum absolute atomic E-state index is 0.105. The van der Waals surface area contributed by atoms with Crippen LogP contribution >= 0.6 is 0 Å². The highest BCUT2D eigenvalue weighted by molar-refractivity contribution is 7.90. The molecular formula is C17H20N2O5S2. The van der Waals surface area contributed by atoms with E-state index in [2.05, 4.69) is 0 Å². The first-order valence-electron chi connectivity index (χ1n) is 7.96. The second-order valence-corrected chi connectivity index (χ2v) is 9.87. The van der Waals surface area contributed by atoms with E-state index >= 15 is 0 Å². The highest BCUT2D eigenvalue weighted by atomic mass is 32.2. The zero-order chi connectivity index (χ0) is 18.9. The molecule has 0 spiro atoms. The van der Waals surface area contributed by atoms with E-state index in [1.54, 1.807) is 24.3 Å². The van der Waals surface area contributed by atoms with E-state index < -0.39 is 20.0 Å². The molecule has 3 rings (SSSR count). The summed E-state index contributed by atoms with van der Waals surface area (Å²) in [5.41, 5.74) is 0.953. The maximum Gasteiger partial charge on any atom is 0.244 e. The summed E-state index contributed by atoms with van der Waals surface area (Å²) in [6.07, 6.45) is 0. The SMILES string of the molecule is COc1ccc(S(=O)(=O)N2CCN(S(=O)(=O)c3ccc(C)cc3)C2)cc1. The van der Waals surface area contributed by atoms with Gasteiger partial charge in [0.05, 0.1) is 23.6 Å². The molecule has 0 aliphatic carbocycles. The Labute approximate surface area is 153 Å². The van der Waals surface area contributed by atoms with Crippen LogP contribution in [0.5, 0.6) is 5.75 Å². The van der Waals surface area contributed by atoms with Crippen LogP contribution in [0.2, 0.25) is 0 Å². The first-order chi connectivity index (χ1) is 12.2. The summed E-state index contributed by atoms with van der Waals surface area (Å²) in [5, 5.41) is 0. The van der Waals surface area contributed by atoms with E-state index in [0.717, 1.165) is 5.56 Å². The monoisotopic (exact) mass is 396 g/mol. The van der Waals surface area contributed by atoms with Gasteiger partial charge in [0.25, 0.3) is 0 Å².